The lowest BCUT2D eigenvalue weighted by atomic mass is 10.1. The Balaban J connectivity index is 1.72. The van der Waals surface area contributed by atoms with E-state index < -0.39 is 0 Å². The molecule has 0 unspecified atom stereocenters. The normalized spacial score (nSPS) is 10.7. The smallest absolute Gasteiger partial charge is 0.185 e. The fraction of sp³-hybridized carbons (Fsp3) is 0.0500. The first-order chi connectivity index (χ1) is 11.8. The van der Waals surface area contributed by atoms with Crippen LogP contribution in [0.1, 0.15) is 15.2 Å². The van der Waals surface area contributed by atoms with Crippen LogP contribution in [0.4, 0.5) is 0 Å². The summed E-state index contributed by atoms with van der Waals surface area (Å²) in [7, 11) is 1.60. The molecule has 0 bridgehead atoms. The lowest BCUT2D eigenvalue weighted by Crippen LogP contribution is -1.94. The van der Waals surface area contributed by atoms with Gasteiger partial charge < -0.3 is 9.47 Å². The number of methoxy groups -OCH3 is 1. The minimum absolute atomic E-state index is 0.0586. The van der Waals surface area contributed by atoms with Gasteiger partial charge in [-0.2, -0.15) is 0 Å². The zero-order valence-corrected chi connectivity index (χ0v) is 14.0. The van der Waals surface area contributed by atoms with Gasteiger partial charge in [-0.05, 0) is 60.0 Å². The monoisotopic (exact) mass is 336 g/mol. The number of thiophene rings is 1. The Hall–Kier alpha value is -2.85. The number of rotatable bonds is 6. The van der Waals surface area contributed by atoms with Crippen molar-refractivity contribution in [2.45, 2.75) is 0 Å². The summed E-state index contributed by atoms with van der Waals surface area (Å²) in [5.74, 6) is 2.18. The van der Waals surface area contributed by atoms with Crippen molar-refractivity contribution in [3.05, 3.63) is 82.6 Å². The minimum atomic E-state index is -0.0586. The van der Waals surface area contributed by atoms with Gasteiger partial charge in [0, 0.05) is 5.56 Å². The molecule has 0 N–H and O–H groups in total. The van der Waals surface area contributed by atoms with Gasteiger partial charge in [-0.15, -0.1) is 11.3 Å². The van der Waals surface area contributed by atoms with Gasteiger partial charge in [0.1, 0.15) is 17.2 Å². The van der Waals surface area contributed by atoms with Crippen molar-refractivity contribution < 1.29 is 14.3 Å². The summed E-state index contributed by atoms with van der Waals surface area (Å²) in [6.45, 7) is 0. The maximum Gasteiger partial charge on any atom is 0.185 e. The van der Waals surface area contributed by atoms with Crippen LogP contribution in [0.3, 0.4) is 0 Å². The molecular formula is C20H16O3S. The molecule has 0 fully saturated rings. The van der Waals surface area contributed by atoms with E-state index in [4.69, 9.17) is 9.47 Å². The second-order valence-corrected chi connectivity index (χ2v) is 5.94. The first kappa shape index (κ1) is 16.0. The molecule has 0 radical (unpaired) electrons. The number of carbonyl (C=O) groups excluding carboxylic acids is 1. The third-order valence-corrected chi connectivity index (χ3v) is 4.25. The third kappa shape index (κ3) is 3.91. The van der Waals surface area contributed by atoms with Gasteiger partial charge in [0.25, 0.3) is 0 Å². The number of carbonyl (C=O) groups is 1. The average molecular weight is 336 g/mol. The van der Waals surface area contributed by atoms with Crippen LogP contribution >= 0.6 is 11.3 Å². The Morgan fingerprint density at radius 2 is 1.71 bits per heavy atom. The van der Waals surface area contributed by atoms with Gasteiger partial charge in [0.05, 0.1) is 12.0 Å². The van der Waals surface area contributed by atoms with Gasteiger partial charge in [-0.3, -0.25) is 4.79 Å². The van der Waals surface area contributed by atoms with E-state index in [0.717, 1.165) is 22.1 Å². The molecule has 0 saturated carbocycles. The van der Waals surface area contributed by atoms with Crippen molar-refractivity contribution in [1.82, 2.24) is 0 Å². The summed E-state index contributed by atoms with van der Waals surface area (Å²) in [4.78, 5) is 13.1. The fourth-order valence-electron chi connectivity index (χ4n) is 2.13. The first-order valence-electron chi connectivity index (χ1n) is 7.43. The Labute approximate surface area is 144 Å². The third-order valence-electron chi connectivity index (χ3n) is 3.39. The quantitative estimate of drug-likeness (QED) is 0.444. The van der Waals surface area contributed by atoms with E-state index in [1.54, 1.807) is 43.5 Å². The van der Waals surface area contributed by atoms with Crippen LogP contribution in [0.15, 0.2) is 72.1 Å². The highest BCUT2D eigenvalue weighted by Gasteiger charge is 2.06. The number of hydrogen-bond donors (Lipinski definition) is 0. The molecule has 0 spiro atoms. The van der Waals surface area contributed by atoms with Crippen molar-refractivity contribution in [2.75, 3.05) is 7.11 Å². The number of ether oxygens (including phenoxy) is 2. The molecule has 1 heterocycles. The summed E-state index contributed by atoms with van der Waals surface area (Å²) >= 11 is 1.53. The Bertz CT molecular complexity index is 833. The van der Waals surface area contributed by atoms with E-state index in [1.165, 1.54) is 11.3 Å². The molecule has 0 amide bonds. The van der Waals surface area contributed by atoms with Crippen LogP contribution < -0.4 is 9.47 Å². The zero-order chi connectivity index (χ0) is 16.8. The summed E-state index contributed by atoms with van der Waals surface area (Å²) in [6, 6.07) is 18.5. The molecular weight excluding hydrogens is 320 g/mol. The summed E-state index contributed by atoms with van der Waals surface area (Å²) in [6.07, 6.45) is 3.35. The number of allylic oxidation sites excluding steroid dienone is 1. The number of hydrogen-bond acceptors (Lipinski definition) is 4. The molecule has 0 aliphatic rings. The molecule has 1 aromatic heterocycles. The molecule has 0 aliphatic carbocycles. The van der Waals surface area contributed by atoms with Crippen LogP contribution in [0.5, 0.6) is 17.2 Å². The molecule has 0 aliphatic heterocycles. The Kier molecular flexibility index (Phi) is 5.08. The molecule has 120 valence electrons. The standard InChI is InChI=1S/C20H16O3S/c1-22-16-9-7-15(8-10-16)18(21)11-12-20-19(13-14-24-20)23-17-5-3-2-4-6-17/h2-14H,1H3. The number of para-hydroxylation sites is 1. The Morgan fingerprint density at radius 1 is 0.958 bits per heavy atom. The second-order valence-electron chi connectivity index (χ2n) is 4.99. The van der Waals surface area contributed by atoms with E-state index in [0.29, 0.717) is 5.56 Å². The molecule has 3 nitrogen and oxygen atoms in total. The zero-order valence-electron chi connectivity index (χ0n) is 13.1. The largest absolute Gasteiger partial charge is 0.497 e. The minimum Gasteiger partial charge on any atom is -0.497 e. The summed E-state index contributed by atoms with van der Waals surface area (Å²) in [5.41, 5.74) is 0.620. The molecule has 0 atom stereocenters. The van der Waals surface area contributed by atoms with Crippen molar-refractivity contribution in [2.24, 2.45) is 0 Å². The van der Waals surface area contributed by atoms with E-state index in [2.05, 4.69) is 0 Å². The highest BCUT2D eigenvalue weighted by Crippen LogP contribution is 2.30. The van der Waals surface area contributed by atoms with Crippen molar-refractivity contribution >= 4 is 23.2 Å². The maximum atomic E-state index is 12.2. The van der Waals surface area contributed by atoms with Gasteiger partial charge >= 0.3 is 0 Å². The average Bonchev–Trinajstić information content (AvgIpc) is 3.07. The topological polar surface area (TPSA) is 35.5 Å². The van der Waals surface area contributed by atoms with E-state index >= 15 is 0 Å². The Morgan fingerprint density at radius 3 is 2.42 bits per heavy atom. The molecule has 2 aromatic carbocycles. The van der Waals surface area contributed by atoms with E-state index in [1.807, 2.05) is 41.8 Å². The SMILES string of the molecule is COc1ccc(C(=O)C=Cc2sccc2Oc2ccccc2)cc1. The predicted octanol–water partition coefficient (Wildman–Crippen LogP) is 5.45. The van der Waals surface area contributed by atoms with Crippen LogP contribution in [0, 0.1) is 0 Å². The van der Waals surface area contributed by atoms with Crippen molar-refractivity contribution in [1.29, 1.82) is 0 Å². The molecule has 4 heteroatoms. The van der Waals surface area contributed by atoms with Crippen LogP contribution in [-0.2, 0) is 0 Å². The van der Waals surface area contributed by atoms with E-state index in [9.17, 15) is 4.79 Å². The molecule has 24 heavy (non-hydrogen) atoms. The van der Waals surface area contributed by atoms with Crippen molar-refractivity contribution in [3.63, 3.8) is 0 Å². The fourth-order valence-corrected chi connectivity index (χ4v) is 2.84. The lowest BCUT2D eigenvalue weighted by Gasteiger charge is -2.04. The predicted molar refractivity (Wildman–Crippen MR) is 97.2 cm³/mol. The van der Waals surface area contributed by atoms with E-state index in [-0.39, 0.29) is 5.78 Å². The van der Waals surface area contributed by atoms with Gasteiger partial charge in [-0.25, -0.2) is 0 Å². The van der Waals surface area contributed by atoms with Gasteiger partial charge in [0.2, 0.25) is 0 Å². The highest BCUT2D eigenvalue weighted by atomic mass is 32.1. The maximum absolute atomic E-state index is 12.2. The molecule has 0 saturated heterocycles. The summed E-state index contributed by atoms with van der Waals surface area (Å²) in [5, 5.41) is 1.94. The van der Waals surface area contributed by atoms with Crippen LogP contribution in [0.2, 0.25) is 0 Å². The molecule has 3 rings (SSSR count). The van der Waals surface area contributed by atoms with Crippen LogP contribution in [-0.4, -0.2) is 12.9 Å². The van der Waals surface area contributed by atoms with Gasteiger partial charge in [0.15, 0.2) is 5.78 Å². The number of benzene rings is 2. The highest BCUT2D eigenvalue weighted by molar-refractivity contribution is 7.11. The van der Waals surface area contributed by atoms with Crippen LogP contribution in [0.25, 0.3) is 6.08 Å². The van der Waals surface area contributed by atoms with Gasteiger partial charge in [-0.1, -0.05) is 18.2 Å². The first-order valence-corrected chi connectivity index (χ1v) is 8.31. The molecule has 3 aromatic rings. The summed E-state index contributed by atoms with van der Waals surface area (Å²) < 4.78 is 10.9. The van der Waals surface area contributed by atoms with Crippen molar-refractivity contribution in [3.8, 4) is 17.2 Å². The second kappa shape index (κ2) is 7.62. The number of ketones is 1. The lowest BCUT2D eigenvalue weighted by molar-refractivity contribution is 0.104.